The van der Waals surface area contributed by atoms with Gasteiger partial charge in [-0.25, -0.2) is 0 Å². The lowest BCUT2D eigenvalue weighted by atomic mass is 9.93. The molecule has 0 aliphatic heterocycles. The van der Waals surface area contributed by atoms with E-state index >= 15 is 0 Å². The number of aliphatic hydroxyl groups excluding tert-OH is 1. The van der Waals surface area contributed by atoms with Crippen molar-refractivity contribution in [2.45, 2.75) is 33.8 Å². The van der Waals surface area contributed by atoms with Gasteiger partial charge in [-0.1, -0.05) is 35.4 Å². The van der Waals surface area contributed by atoms with E-state index < -0.39 is 6.10 Å². The molecule has 2 aromatic rings. The standard InChI is InChI=1S/C18H22O2/c1-11-6-12(2)9-15(8-11)18(19)17-14(4)7-13(3)10-16(17)20-5/h6-10,18-19H,1-5H3. The van der Waals surface area contributed by atoms with Crippen molar-refractivity contribution >= 4 is 0 Å². The summed E-state index contributed by atoms with van der Waals surface area (Å²) in [6.45, 7) is 8.13. The molecule has 1 atom stereocenters. The van der Waals surface area contributed by atoms with Gasteiger partial charge in [0.1, 0.15) is 11.9 Å². The molecule has 1 N–H and O–H groups in total. The van der Waals surface area contributed by atoms with E-state index in [0.717, 1.165) is 39.1 Å². The first-order valence-corrected chi connectivity index (χ1v) is 6.83. The molecule has 0 saturated carbocycles. The molecule has 0 saturated heterocycles. The Morgan fingerprint density at radius 2 is 1.40 bits per heavy atom. The van der Waals surface area contributed by atoms with E-state index in [-0.39, 0.29) is 0 Å². The van der Waals surface area contributed by atoms with Gasteiger partial charge in [-0.2, -0.15) is 0 Å². The fourth-order valence-electron chi connectivity index (χ4n) is 2.79. The van der Waals surface area contributed by atoms with Crippen molar-refractivity contribution in [1.29, 1.82) is 0 Å². The van der Waals surface area contributed by atoms with Crippen LogP contribution in [-0.2, 0) is 0 Å². The molecule has 0 aliphatic carbocycles. The van der Waals surface area contributed by atoms with Crippen molar-refractivity contribution in [3.63, 3.8) is 0 Å². The first-order valence-electron chi connectivity index (χ1n) is 6.83. The number of hydrogen-bond donors (Lipinski definition) is 1. The Morgan fingerprint density at radius 3 is 1.95 bits per heavy atom. The summed E-state index contributed by atoms with van der Waals surface area (Å²) in [5, 5.41) is 10.7. The van der Waals surface area contributed by atoms with E-state index in [1.165, 1.54) is 0 Å². The van der Waals surface area contributed by atoms with Crippen LogP contribution in [0.25, 0.3) is 0 Å². The van der Waals surface area contributed by atoms with E-state index in [1.54, 1.807) is 7.11 Å². The van der Waals surface area contributed by atoms with Gasteiger partial charge in [0.05, 0.1) is 7.11 Å². The van der Waals surface area contributed by atoms with E-state index in [4.69, 9.17) is 4.74 Å². The Balaban J connectivity index is 2.55. The minimum absolute atomic E-state index is 0.663. The minimum atomic E-state index is -0.663. The zero-order chi connectivity index (χ0) is 14.9. The number of benzene rings is 2. The number of ether oxygens (including phenoxy) is 1. The fraction of sp³-hybridized carbons (Fsp3) is 0.333. The van der Waals surface area contributed by atoms with Crippen LogP contribution in [0.1, 0.15) is 39.5 Å². The monoisotopic (exact) mass is 270 g/mol. The molecule has 0 amide bonds. The van der Waals surface area contributed by atoms with Gasteiger partial charge in [0.25, 0.3) is 0 Å². The average Bonchev–Trinajstić information content (AvgIpc) is 2.35. The molecule has 2 heteroatoms. The third-order valence-corrected chi connectivity index (χ3v) is 3.55. The molecule has 1 unspecified atom stereocenters. The van der Waals surface area contributed by atoms with Gasteiger partial charge in [0, 0.05) is 5.56 Å². The summed E-state index contributed by atoms with van der Waals surface area (Å²) in [6, 6.07) is 10.2. The van der Waals surface area contributed by atoms with E-state index in [2.05, 4.69) is 12.1 Å². The third-order valence-electron chi connectivity index (χ3n) is 3.55. The van der Waals surface area contributed by atoms with Crippen molar-refractivity contribution in [3.8, 4) is 5.75 Å². The number of aryl methyl sites for hydroxylation is 4. The quantitative estimate of drug-likeness (QED) is 0.913. The molecular formula is C18H22O2. The number of rotatable bonds is 3. The molecule has 20 heavy (non-hydrogen) atoms. The van der Waals surface area contributed by atoms with Crippen LogP contribution in [0.15, 0.2) is 30.3 Å². The normalized spacial score (nSPS) is 12.3. The molecule has 0 aliphatic rings. The molecule has 106 valence electrons. The Bertz CT molecular complexity index is 609. The summed E-state index contributed by atoms with van der Waals surface area (Å²) in [5.41, 5.74) is 6.26. The van der Waals surface area contributed by atoms with Crippen LogP contribution in [0.3, 0.4) is 0 Å². The third kappa shape index (κ3) is 2.86. The second-order valence-electron chi connectivity index (χ2n) is 5.52. The van der Waals surface area contributed by atoms with Crippen LogP contribution in [0, 0.1) is 27.7 Å². The van der Waals surface area contributed by atoms with E-state index in [1.807, 2.05) is 45.9 Å². The van der Waals surface area contributed by atoms with Crippen LogP contribution >= 0.6 is 0 Å². The fourth-order valence-corrected chi connectivity index (χ4v) is 2.79. The van der Waals surface area contributed by atoms with Crippen molar-refractivity contribution < 1.29 is 9.84 Å². The molecule has 0 heterocycles. The van der Waals surface area contributed by atoms with Crippen LogP contribution in [0.5, 0.6) is 5.75 Å². The maximum Gasteiger partial charge on any atom is 0.125 e. The van der Waals surface area contributed by atoms with Crippen molar-refractivity contribution in [2.75, 3.05) is 7.11 Å². The summed E-state index contributed by atoms with van der Waals surface area (Å²) in [5.74, 6) is 0.745. The topological polar surface area (TPSA) is 29.5 Å². The van der Waals surface area contributed by atoms with Gasteiger partial charge in [0.2, 0.25) is 0 Å². The Labute approximate surface area is 121 Å². The number of aliphatic hydroxyl groups is 1. The maximum absolute atomic E-state index is 10.7. The van der Waals surface area contributed by atoms with Crippen LogP contribution in [0.2, 0.25) is 0 Å². The zero-order valence-electron chi connectivity index (χ0n) is 12.8. The first kappa shape index (κ1) is 14.6. The van der Waals surface area contributed by atoms with E-state index in [9.17, 15) is 5.11 Å². The molecule has 0 fully saturated rings. The summed E-state index contributed by atoms with van der Waals surface area (Å²) in [7, 11) is 1.64. The predicted octanol–water partition coefficient (Wildman–Crippen LogP) is 4.01. The van der Waals surface area contributed by atoms with Gasteiger partial charge in [-0.05, 0) is 50.5 Å². The predicted molar refractivity (Wildman–Crippen MR) is 82.4 cm³/mol. The highest BCUT2D eigenvalue weighted by atomic mass is 16.5. The van der Waals surface area contributed by atoms with Crippen molar-refractivity contribution in [3.05, 3.63) is 63.7 Å². The number of methoxy groups -OCH3 is 1. The molecule has 2 aromatic carbocycles. The molecule has 0 bridgehead atoms. The lowest BCUT2D eigenvalue weighted by Gasteiger charge is -2.19. The van der Waals surface area contributed by atoms with Gasteiger partial charge in [-0.15, -0.1) is 0 Å². The molecule has 0 aromatic heterocycles. The second kappa shape index (κ2) is 5.68. The number of hydrogen-bond acceptors (Lipinski definition) is 2. The molecular weight excluding hydrogens is 248 g/mol. The highest BCUT2D eigenvalue weighted by molar-refractivity contribution is 5.48. The maximum atomic E-state index is 10.7. The lowest BCUT2D eigenvalue weighted by Crippen LogP contribution is -2.06. The SMILES string of the molecule is COc1cc(C)cc(C)c1C(O)c1cc(C)cc(C)c1. The lowest BCUT2D eigenvalue weighted by molar-refractivity contribution is 0.213. The molecule has 2 rings (SSSR count). The van der Waals surface area contributed by atoms with Gasteiger partial charge in [0.15, 0.2) is 0 Å². The molecule has 2 nitrogen and oxygen atoms in total. The van der Waals surface area contributed by atoms with Gasteiger partial charge < -0.3 is 9.84 Å². The summed E-state index contributed by atoms with van der Waals surface area (Å²) >= 11 is 0. The summed E-state index contributed by atoms with van der Waals surface area (Å²) < 4.78 is 5.45. The minimum Gasteiger partial charge on any atom is -0.496 e. The molecule has 0 spiro atoms. The Kier molecular flexibility index (Phi) is 4.15. The zero-order valence-corrected chi connectivity index (χ0v) is 12.8. The highest BCUT2D eigenvalue weighted by Gasteiger charge is 2.19. The highest BCUT2D eigenvalue weighted by Crippen LogP contribution is 2.34. The van der Waals surface area contributed by atoms with Crippen molar-refractivity contribution in [2.24, 2.45) is 0 Å². The summed E-state index contributed by atoms with van der Waals surface area (Å²) in [6.07, 6.45) is -0.663. The van der Waals surface area contributed by atoms with Crippen LogP contribution in [-0.4, -0.2) is 12.2 Å². The smallest absolute Gasteiger partial charge is 0.125 e. The van der Waals surface area contributed by atoms with E-state index in [0.29, 0.717) is 0 Å². The van der Waals surface area contributed by atoms with Crippen molar-refractivity contribution in [1.82, 2.24) is 0 Å². The Morgan fingerprint density at radius 1 is 0.850 bits per heavy atom. The van der Waals surface area contributed by atoms with Gasteiger partial charge >= 0.3 is 0 Å². The van der Waals surface area contributed by atoms with Crippen LogP contribution < -0.4 is 4.74 Å². The summed E-state index contributed by atoms with van der Waals surface area (Å²) in [4.78, 5) is 0. The first-order chi connectivity index (χ1) is 9.42. The average molecular weight is 270 g/mol. The Hall–Kier alpha value is -1.80. The largest absolute Gasteiger partial charge is 0.496 e. The molecule has 0 radical (unpaired) electrons. The van der Waals surface area contributed by atoms with Gasteiger partial charge in [-0.3, -0.25) is 0 Å². The van der Waals surface area contributed by atoms with Crippen LogP contribution in [0.4, 0.5) is 0 Å². The second-order valence-corrected chi connectivity index (χ2v) is 5.52.